The highest BCUT2D eigenvalue weighted by atomic mass is 14.9. The Morgan fingerprint density at radius 1 is 1.25 bits per heavy atom. The molecule has 16 heavy (non-hydrogen) atoms. The summed E-state index contributed by atoms with van der Waals surface area (Å²) in [4.78, 5) is 7.86. The third-order valence-electron chi connectivity index (χ3n) is 2.77. The van der Waals surface area contributed by atoms with Crippen LogP contribution < -0.4 is 0 Å². The van der Waals surface area contributed by atoms with E-state index in [2.05, 4.69) is 9.77 Å². The third-order valence-corrected chi connectivity index (χ3v) is 2.77. The zero-order valence-corrected chi connectivity index (χ0v) is 8.59. The van der Waals surface area contributed by atoms with Crippen LogP contribution in [0, 0.1) is 0 Å². The van der Waals surface area contributed by atoms with Crippen molar-refractivity contribution in [2.45, 2.75) is 6.42 Å². The molecule has 0 radical (unpaired) electrons. The fraction of sp³-hybridized carbons (Fsp3) is 0.0769. The summed E-state index contributed by atoms with van der Waals surface area (Å²) in [5.74, 6) is 0. The molecule has 0 N–H and O–H groups in total. The van der Waals surface area contributed by atoms with Crippen LogP contribution in [0.5, 0.6) is 0 Å². The molecule has 0 bridgehead atoms. The zero-order chi connectivity index (χ0) is 11.0. The van der Waals surface area contributed by atoms with Crippen LogP contribution in [0.4, 0.5) is 0 Å². The summed E-state index contributed by atoms with van der Waals surface area (Å²) >= 11 is 0. The van der Waals surface area contributed by atoms with Crippen molar-refractivity contribution in [1.82, 2.24) is 4.98 Å². The molecule has 1 aliphatic carbocycles. The quantitative estimate of drug-likeness (QED) is 0.484. The predicted octanol–water partition coefficient (Wildman–Crippen LogP) is 2.67. The highest BCUT2D eigenvalue weighted by molar-refractivity contribution is 6.04. The number of benzene rings is 1. The molecule has 1 aromatic carbocycles. The summed E-state index contributed by atoms with van der Waals surface area (Å²) in [6.45, 7) is 0. The average molecular weight is 207 g/mol. The van der Waals surface area contributed by atoms with Crippen LogP contribution in [0.1, 0.15) is 17.7 Å². The molecular weight excluding hydrogens is 198 g/mol. The van der Waals surface area contributed by atoms with Crippen LogP contribution in [0.15, 0.2) is 36.4 Å². The second-order valence-corrected chi connectivity index (χ2v) is 3.77. The second-order valence-electron chi connectivity index (χ2n) is 3.77. The van der Waals surface area contributed by atoms with Gasteiger partial charge in [0.1, 0.15) is 0 Å². The first-order valence-corrected chi connectivity index (χ1v) is 5.16. The van der Waals surface area contributed by atoms with Gasteiger partial charge in [0, 0.05) is 5.39 Å². The molecule has 2 aromatic rings. The zero-order valence-electron chi connectivity index (χ0n) is 8.59. The van der Waals surface area contributed by atoms with Gasteiger partial charge in [0.25, 0.3) is 0 Å². The molecule has 0 fully saturated rings. The van der Waals surface area contributed by atoms with Crippen molar-refractivity contribution in [3.05, 3.63) is 53.2 Å². The number of pyridine rings is 1. The summed E-state index contributed by atoms with van der Waals surface area (Å²) < 4.78 is 0. The molecule has 0 unspecified atom stereocenters. The van der Waals surface area contributed by atoms with Gasteiger partial charge in [-0.1, -0.05) is 24.3 Å². The fourth-order valence-electron chi connectivity index (χ4n) is 1.98. The lowest BCUT2D eigenvalue weighted by atomic mass is 9.98. The van der Waals surface area contributed by atoms with E-state index < -0.39 is 0 Å². The Morgan fingerprint density at radius 2 is 2.12 bits per heavy atom. The Kier molecular flexibility index (Phi) is 1.92. The van der Waals surface area contributed by atoms with E-state index in [1.807, 2.05) is 42.5 Å². The Morgan fingerprint density at radius 3 is 3.00 bits per heavy atom. The highest BCUT2D eigenvalue weighted by Gasteiger charge is 2.19. The van der Waals surface area contributed by atoms with Crippen LogP contribution in [-0.2, 0) is 0 Å². The molecule has 0 saturated carbocycles. The van der Waals surface area contributed by atoms with Gasteiger partial charge >= 0.3 is 5.71 Å². The molecule has 3 rings (SSSR count). The lowest BCUT2D eigenvalue weighted by Gasteiger charge is -2.07. The topological polar surface area (TPSA) is 49.3 Å². The van der Waals surface area contributed by atoms with Crippen LogP contribution in [-0.4, -0.2) is 15.5 Å². The van der Waals surface area contributed by atoms with E-state index in [1.165, 1.54) is 0 Å². The first kappa shape index (κ1) is 9.01. The number of fused-ring (bicyclic) bond motifs is 2. The molecular formula is C13H9N3. The van der Waals surface area contributed by atoms with Crippen molar-refractivity contribution in [1.29, 1.82) is 0 Å². The molecule has 1 heterocycles. The molecule has 1 aliphatic rings. The second kappa shape index (κ2) is 3.40. The summed E-state index contributed by atoms with van der Waals surface area (Å²) in [5, 5.41) is 1.07. The molecule has 3 heteroatoms. The Bertz CT molecular complexity index is 649. The molecule has 0 atom stereocenters. The number of hydrogen-bond donors (Lipinski definition) is 0. The monoisotopic (exact) mass is 207 g/mol. The van der Waals surface area contributed by atoms with Crippen molar-refractivity contribution in [2.24, 2.45) is 0 Å². The summed E-state index contributed by atoms with van der Waals surface area (Å²) in [7, 11) is 0. The van der Waals surface area contributed by atoms with E-state index in [0.29, 0.717) is 12.1 Å². The van der Waals surface area contributed by atoms with Gasteiger partial charge in [-0.25, -0.2) is 4.98 Å². The summed E-state index contributed by atoms with van der Waals surface area (Å²) in [6.07, 6.45) is 4.58. The largest absolute Gasteiger partial charge is 0.361 e. The van der Waals surface area contributed by atoms with Crippen LogP contribution in [0.2, 0.25) is 0 Å². The van der Waals surface area contributed by atoms with E-state index in [-0.39, 0.29) is 0 Å². The number of allylic oxidation sites excluding steroid dienone is 1. The van der Waals surface area contributed by atoms with Crippen molar-refractivity contribution in [2.75, 3.05) is 0 Å². The van der Waals surface area contributed by atoms with Gasteiger partial charge in [-0.15, -0.1) is 0 Å². The molecule has 0 spiro atoms. The van der Waals surface area contributed by atoms with E-state index in [4.69, 9.17) is 5.53 Å². The van der Waals surface area contributed by atoms with Gasteiger partial charge in [0.15, 0.2) is 0 Å². The number of nitrogens with zero attached hydrogens (tertiary/aromatic N) is 3. The van der Waals surface area contributed by atoms with E-state index in [1.54, 1.807) is 0 Å². The Hall–Kier alpha value is -2.25. The minimum absolute atomic E-state index is 0.656. The van der Waals surface area contributed by atoms with Gasteiger partial charge in [0.05, 0.1) is 23.2 Å². The maximum atomic E-state index is 8.94. The van der Waals surface area contributed by atoms with Crippen LogP contribution in [0.25, 0.3) is 22.5 Å². The van der Waals surface area contributed by atoms with E-state index >= 15 is 0 Å². The molecule has 3 nitrogen and oxygen atoms in total. The van der Waals surface area contributed by atoms with Gasteiger partial charge in [-0.2, -0.15) is 4.79 Å². The maximum Gasteiger partial charge on any atom is 0.305 e. The minimum atomic E-state index is 0.656. The molecule has 0 saturated heterocycles. The first-order valence-electron chi connectivity index (χ1n) is 5.16. The number of rotatable bonds is 0. The van der Waals surface area contributed by atoms with Crippen molar-refractivity contribution < 1.29 is 4.79 Å². The fourth-order valence-corrected chi connectivity index (χ4v) is 1.98. The molecule has 0 aliphatic heterocycles. The van der Waals surface area contributed by atoms with Crippen molar-refractivity contribution in [3.8, 4) is 0 Å². The standard InChI is InChI=1S/C13H9N3/c14-16-13-7-3-6-12-10(13)8-9-4-1-2-5-11(9)15-12/h1-6,8H,7H2. The van der Waals surface area contributed by atoms with Crippen molar-refractivity contribution in [3.63, 3.8) is 0 Å². The number of aromatic nitrogens is 1. The van der Waals surface area contributed by atoms with Crippen LogP contribution >= 0.6 is 0 Å². The summed E-state index contributed by atoms with van der Waals surface area (Å²) in [6, 6.07) is 9.96. The lowest BCUT2D eigenvalue weighted by Crippen LogP contribution is -2.08. The molecule has 1 aromatic heterocycles. The number of hydrogen-bond acceptors (Lipinski definition) is 1. The smallest absolute Gasteiger partial charge is 0.305 e. The van der Waals surface area contributed by atoms with Gasteiger partial charge in [0.2, 0.25) is 0 Å². The summed E-state index contributed by atoms with van der Waals surface area (Å²) in [5.41, 5.74) is 12.4. The van der Waals surface area contributed by atoms with Crippen LogP contribution in [0.3, 0.4) is 0 Å². The first-order chi connectivity index (χ1) is 7.88. The normalized spacial score (nSPS) is 13.6. The van der Waals surface area contributed by atoms with Gasteiger partial charge < -0.3 is 5.53 Å². The minimum Gasteiger partial charge on any atom is -0.361 e. The van der Waals surface area contributed by atoms with Gasteiger partial charge in [-0.05, 0) is 18.2 Å². The maximum absolute atomic E-state index is 8.94. The average Bonchev–Trinajstić information content (AvgIpc) is 2.35. The molecule has 0 amide bonds. The number of para-hydroxylation sites is 1. The predicted molar refractivity (Wildman–Crippen MR) is 63.1 cm³/mol. The Labute approximate surface area is 92.7 Å². The molecule has 76 valence electrons. The van der Waals surface area contributed by atoms with E-state index in [0.717, 1.165) is 22.2 Å². The SMILES string of the molecule is [N-]=[N+]=C1CC=Cc2nc3ccccc3cc21. The lowest BCUT2D eigenvalue weighted by molar-refractivity contribution is -0.00608. The Balaban J connectivity index is 2.39. The third kappa shape index (κ3) is 1.27. The highest BCUT2D eigenvalue weighted by Crippen LogP contribution is 2.22. The van der Waals surface area contributed by atoms with Crippen molar-refractivity contribution >= 4 is 22.7 Å². The van der Waals surface area contributed by atoms with E-state index in [9.17, 15) is 0 Å². The van der Waals surface area contributed by atoms with Gasteiger partial charge in [-0.3, -0.25) is 0 Å².